The second-order valence-electron chi connectivity index (χ2n) is 4.77. The number of rotatable bonds is 1. The van der Waals surface area contributed by atoms with Gasteiger partial charge in [-0.1, -0.05) is 23.7 Å². The van der Waals surface area contributed by atoms with Crippen molar-refractivity contribution in [2.24, 2.45) is 0 Å². The number of nitrogens with zero attached hydrogens (tertiary/aromatic N) is 5. The van der Waals surface area contributed by atoms with Crippen LogP contribution in [0.5, 0.6) is 0 Å². The van der Waals surface area contributed by atoms with Crippen molar-refractivity contribution >= 4 is 28.4 Å². The number of hydrogen-bond donors (Lipinski definition) is 0. The number of benzene rings is 1. The molecule has 21 heavy (non-hydrogen) atoms. The number of aryl methyl sites for hydroxylation is 1. The Labute approximate surface area is 125 Å². The number of hydrogen-bond acceptors (Lipinski definition) is 4. The van der Waals surface area contributed by atoms with E-state index >= 15 is 0 Å². The van der Waals surface area contributed by atoms with E-state index in [9.17, 15) is 0 Å². The minimum absolute atomic E-state index is 0.664. The average Bonchev–Trinajstić information content (AvgIpc) is 2.97. The SMILES string of the molecule is Cc1nc2nc(-c3cccc(Cl)c3)ccc2n2cnnc12. The fourth-order valence-electron chi connectivity index (χ4n) is 2.39. The molecule has 0 fully saturated rings. The molecule has 4 rings (SSSR count). The molecule has 6 heteroatoms. The lowest BCUT2D eigenvalue weighted by Crippen LogP contribution is -1.97. The lowest BCUT2D eigenvalue weighted by molar-refractivity contribution is 1.10. The maximum Gasteiger partial charge on any atom is 0.182 e. The molecule has 4 aromatic rings. The molecule has 0 aliphatic heterocycles. The summed E-state index contributed by atoms with van der Waals surface area (Å²) in [5, 5.41) is 8.69. The van der Waals surface area contributed by atoms with Crippen LogP contribution in [0.4, 0.5) is 0 Å². The van der Waals surface area contributed by atoms with Gasteiger partial charge in [-0.15, -0.1) is 10.2 Å². The predicted molar refractivity (Wildman–Crippen MR) is 81.3 cm³/mol. The van der Waals surface area contributed by atoms with Gasteiger partial charge in [-0.3, -0.25) is 4.40 Å². The molecule has 0 atom stereocenters. The zero-order valence-electron chi connectivity index (χ0n) is 11.2. The van der Waals surface area contributed by atoms with Crippen molar-refractivity contribution in [3.8, 4) is 11.3 Å². The molecule has 3 aromatic heterocycles. The predicted octanol–water partition coefficient (Wildman–Crippen LogP) is 3.30. The normalized spacial score (nSPS) is 11.3. The fourth-order valence-corrected chi connectivity index (χ4v) is 2.58. The second-order valence-corrected chi connectivity index (χ2v) is 5.21. The van der Waals surface area contributed by atoms with Gasteiger partial charge in [0.25, 0.3) is 0 Å². The van der Waals surface area contributed by atoms with Crippen molar-refractivity contribution in [3.05, 3.63) is 53.4 Å². The van der Waals surface area contributed by atoms with Crippen molar-refractivity contribution < 1.29 is 0 Å². The summed E-state index contributed by atoms with van der Waals surface area (Å²) < 4.78 is 1.90. The highest BCUT2D eigenvalue weighted by atomic mass is 35.5. The highest BCUT2D eigenvalue weighted by molar-refractivity contribution is 6.30. The first-order valence-corrected chi connectivity index (χ1v) is 6.83. The lowest BCUT2D eigenvalue weighted by atomic mass is 10.1. The molecule has 0 bridgehead atoms. The molecule has 102 valence electrons. The van der Waals surface area contributed by atoms with Crippen LogP contribution in [0.25, 0.3) is 28.1 Å². The van der Waals surface area contributed by atoms with Crippen LogP contribution >= 0.6 is 11.6 Å². The molecule has 1 aromatic carbocycles. The van der Waals surface area contributed by atoms with E-state index in [0.29, 0.717) is 10.7 Å². The van der Waals surface area contributed by atoms with Gasteiger partial charge in [-0.25, -0.2) is 9.97 Å². The molecular weight excluding hydrogens is 286 g/mol. The summed E-state index contributed by atoms with van der Waals surface area (Å²) in [5.41, 5.74) is 4.90. The number of halogens is 1. The molecule has 0 saturated heterocycles. The van der Waals surface area contributed by atoms with E-state index in [-0.39, 0.29) is 0 Å². The highest BCUT2D eigenvalue weighted by Crippen LogP contribution is 2.23. The Hall–Kier alpha value is -2.53. The third-order valence-electron chi connectivity index (χ3n) is 3.38. The minimum Gasteiger partial charge on any atom is -0.277 e. The zero-order valence-corrected chi connectivity index (χ0v) is 11.9. The average molecular weight is 296 g/mol. The van der Waals surface area contributed by atoms with Crippen molar-refractivity contribution in [3.63, 3.8) is 0 Å². The summed E-state index contributed by atoms with van der Waals surface area (Å²) >= 11 is 6.04. The largest absolute Gasteiger partial charge is 0.277 e. The Morgan fingerprint density at radius 3 is 2.86 bits per heavy atom. The van der Waals surface area contributed by atoms with E-state index in [1.165, 1.54) is 0 Å². The summed E-state index contributed by atoms with van der Waals surface area (Å²) in [7, 11) is 0. The third kappa shape index (κ3) is 1.94. The van der Waals surface area contributed by atoms with Crippen LogP contribution in [0.1, 0.15) is 5.69 Å². The van der Waals surface area contributed by atoms with Crippen molar-refractivity contribution in [1.82, 2.24) is 24.6 Å². The molecular formula is C15H10ClN5. The Morgan fingerprint density at radius 2 is 2.00 bits per heavy atom. The maximum atomic E-state index is 6.04. The van der Waals surface area contributed by atoms with Crippen molar-refractivity contribution in [2.75, 3.05) is 0 Å². The number of fused-ring (bicyclic) bond motifs is 3. The minimum atomic E-state index is 0.664. The van der Waals surface area contributed by atoms with Crippen LogP contribution in [0.3, 0.4) is 0 Å². The second kappa shape index (κ2) is 4.49. The van der Waals surface area contributed by atoms with Crippen LogP contribution in [0.15, 0.2) is 42.7 Å². The standard InChI is InChI=1S/C15H10ClN5/c1-9-15-20-17-8-21(15)13-6-5-12(19-14(13)18-9)10-3-2-4-11(16)7-10/h2-8H,1H3. The summed E-state index contributed by atoms with van der Waals surface area (Å²) in [6.07, 6.45) is 1.67. The first-order valence-electron chi connectivity index (χ1n) is 6.45. The van der Waals surface area contributed by atoms with Crippen molar-refractivity contribution in [1.29, 1.82) is 0 Å². The Balaban J connectivity index is 2.00. The number of aromatic nitrogens is 5. The van der Waals surface area contributed by atoms with E-state index in [4.69, 9.17) is 11.6 Å². The van der Waals surface area contributed by atoms with E-state index < -0.39 is 0 Å². The summed E-state index contributed by atoms with van der Waals surface area (Å²) in [5.74, 6) is 0. The molecule has 0 spiro atoms. The quantitative estimate of drug-likeness (QED) is 0.540. The molecule has 3 heterocycles. The molecule has 0 N–H and O–H groups in total. The van der Waals surface area contributed by atoms with Gasteiger partial charge in [0.1, 0.15) is 6.33 Å². The van der Waals surface area contributed by atoms with Gasteiger partial charge in [-0.05, 0) is 31.2 Å². The Morgan fingerprint density at radius 1 is 1.10 bits per heavy atom. The van der Waals surface area contributed by atoms with Crippen LogP contribution in [0.2, 0.25) is 5.02 Å². The summed E-state index contributed by atoms with van der Waals surface area (Å²) in [4.78, 5) is 9.15. The van der Waals surface area contributed by atoms with Crippen molar-refractivity contribution in [2.45, 2.75) is 6.92 Å². The Bertz CT molecular complexity index is 976. The van der Waals surface area contributed by atoms with Gasteiger partial charge in [-0.2, -0.15) is 0 Å². The molecule has 0 unspecified atom stereocenters. The van der Waals surface area contributed by atoms with E-state index in [2.05, 4.69) is 20.2 Å². The first-order chi connectivity index (χ1) is 10.2. The van der Waals surface area contributed by atoms with Gasteiger partial charge < -0.3 is 0 Å². The first kappa shape index (κ1) is 12.2. The lowest BCUT2D eigenvalue weighted by Gasteiger charge is -2.06. The van der Waals surface area contributed by atoms with E-state index in [0.717, 1.165) is 28.1 Å². The summed E-state index contributed by atoms with van der Waals surface area (Å²) in [6, 6.07) is 11.5. The van der Waals surface area contributed by atoms with Gasteiger partial charge in [0.15, 0.2) is 11.3 Å². The maximum absolute atomic E-state index is 6.04. The van der Waals surface area contributed by atoms with Gasteiger partial charge in [0.2, 0.25) is 0 Å². The molecule has 0 aliphatic carbocycles. The van der Waals surface area contributed by atoms with E-state index in [1.807, 2.05) is 47.7 Å². The van der Waals surface area contributed by atoms with Crippen LogP contribution in [0, 0.1) is 6.92 Å². The van der Waals surface area contributed by atoms with Gasteiger partial charge in [0, 0.05) is 10.6 Å². The van der Waals surface area contributed by atoms with E-state index in [1.54, 1.807) is 6.33 Å². The zero-order chi connectivity index (χ0) is 14.4. The molecule has 0 saturated carbocycles. The van der Waals surface area contributed by atoms with Crippen LogP contribution < -0.4 is 0 Å². The Kier molecular flexibility index (Phi) is 2.62. The monoisotopic (exact) mass is 295 g/mol. The number of pyridine rings is 1. The summed E-state index contributed by atoms with van der Waals surface area (Å²) in [6.45, 7) is 1.90. The molecule has 5 nitrogen and oxygen atoms in total. The fraction of sp³-hybridized carbons (Fsp3) is 0.0667. The topological polar surface area (TPSA) is 56.0 Å². The highest BCUT2D eigenvalue weighted by Gasteiger charge is 2.09. The van der Waals surface area contributed by atoms with Gasteiger partial charge >= 0.3 is 0 Å². The smallest absolute Gasteiger partial charge is 0.182 e. The third-order valence-corrected chi connectivity index (χ3v) is 3.61. The molecule has 0 amide bonds. The molecule has 0 radical (unpaired) electrons. The van der Waals surface area contributed by atoms with Crippen LogP contribution in [-0.2, 0) is 0 Å². The molecule has 0 aliphatic rings. The van der Waals surface area contributed by atoms with Crippen LogP contribution in [-0.4, -0.2) is 24.6 Å². The van der Waals surface area contributed by atoms with Gasteiger partial charge in [0.05, 0.1) is 16.9 Å².